The topological polar surface area (TPSA) is 104 Å². The van der Waals surface area contributed by atoms with Gasteiger partial charge in [-0.05, 0) is 38.1 Å². The first-order valence-corrected chi connectivity index (χ1v) is 8.10. The van der Waals surface area contributed by atoms with Crippen molar-refractivity contribution in [2.75, 3.05) is 0 Å². The van der Waals surface area contributed by atoms with Gasteiger partial charge >= 0.3 is 6.36 Å². The maximum atomic E-state index is 12.5. The number of ether oxygens (including phenoxy) is 1. The van der Waals surface area contributed by atoms with Crippen LogP contribution in [0.2, 0.25) is 0 Å². The molecule has 12 heteroatoms. The van der Waals surface area contributed by atoms with Gasteiger partial charge in [-0.1, -0.05) is 5.21 Å². The molecule has 0 radical (unpaired) electrons. The minimum absolute atomic E-state index is 0.0736. The lowest BCUT2D eigenvalue weighted by molar-refractivity contribution is -0.274. The normalized spacial score (nSPS) is 11.8. The molecule has 2 heterocycles. The van der Waals surface area contributed by atoms with Crippen LogP contribution in [0.3, 0.4) is 0 Å². The number of halogens is 3. The Kier molecular flexibility index (Phi) is 5.03. The minimum atomic E-state index is -4.80. The molecule has 9 nitrogen and oxygen atoms in total. The molecular formula is C16H15F3N6O3. The van der Waals surface area contributed by atoms with Crippen LogP contribution in [0.15, 0.2) is 35.4 Å². The van der Waals surface area contributed by atoms with Crippen molar-refractivity contribution in [3.8, 4) is 11.4 Å². The minimum Gasteiger partial charge on any atom is -0.406 e. The van der Waals surface area contributed by atoms with E-state index in [2.05, 4.69) is 25.3 Å². The second-order valence-corrected chi connectivity index (χ2v) is 6.12. The fourth-order valence-corrected chi connectivity index (χ4v) is 2.44. The van der Waals surface area contributed by atoms with Gasteiger partial charge in [0.05, 0.1) is 5.69 Å². The zero-order valence-electron chi connectivity index (χ0n) is 14.8. The van der Waals surface area contributed by atoms with Crippen LogP contribution in [-0.4, -0.2) is 42.9 Å². The zero-order valence-corrected chi connectivity index (χ0v) is 14.8. The van der Waals surface area contributed by atoms with Crippen LogP contribution in [-0.2, 0) is 11.3 Å². The number of alkyl halides is 3. The summed E-state index contributed by atoms with van der Waals surface area (Å²) in [5.41, 5.74) is -0.197. The number of rotatable bonds is 5. The van der Waals surface area contributed by atoms with Crippen molar-refractivity contribution < 1.29 is 22.7 Å². The largest absolute Gasteiger partial charge is 0.573 e. The molecule has 0 saturated carbocycles. The molecule has 2 aromatic heterocycles. The molecule has 3 rings (SSSR count). The molecule has 0 aliphatic carbocycles. The van der Waals surface area contributed by atoms with E-state index in [1.807, 2.05) is 0 Å². The Morgan fingerprint density at radius 1 is 1.25 bits per heavy atom. The fraction of sp³-hybridized carbons (Fsp3) is 0.312. The van der Waals surface area contributed by atoms with E-state index < -0.39 is 17.7 Å². The number of amides is 1. The molecular weight excluding hydrogens is 381 g/mol. The first kappa shape index (κ1) is 19.3. The third kappa shape index (κ3) is 4.27. The number of aromatic nitrogens is 5. The van der Waals surface area contributed by atoms with E-state index in [-0.39, 0.29) is 29.7 Å². The highest BCUT2D eigenvalue weighted by atomic mass is 19.4. The van der Waals surface area contributed by atoms with Crippen molar-refractivity contribution in [3.63, 3.8) is 0 Å². The van der Waals surface area contributed by atoms with Gasteiger partial charge in [-0.3, -0.25) is 14.2 Å². The Bertz CT molecular complexity index is 1060. The first-order valence-electron chi connectivity index (χ1n) is 8.10. The van der Waals surface area contributed by atoms with Crippen molar-refractivity contribution in [1.29, 1.82) is 0 Å². The molecule has 1 aromatic carbocycles. The van der Waals surface area contributed by atoms with Gasteiger partial charge in [-0.2, -0.15) is 4.68 Å². The van der Waals surface area contributed by atoms with Gasteiger partial charge in [0.1, 0.15) is 18.6 Å². The summed E-state index contributed by atoms with van der Waals surface area (Å²) in [5.74, 6) is -0.752. The first-order chi connectivity index (χ1) is 13.1. The van der Waals surface area contributed by atoms with Gasteiger partial charge in [0, 0.05) is 6.04 Å². The molecule has 1 N–H and O–H groups in total. The summed E-state index contributed by atoms with van der Waals surface area (Å²) in [6, 6.07) is 4.77. The van der Waals surface area contributed by atoms with Crippen LogP contribution in [0.5, 0.6) is 5.75 Å². The predicted octanol–water partition coefficient (Wildman–Crippen LogP) is 1.40. The number of nitrogens with zero attached hydrogens (tertiary/aromatic N) is 5. The molecule has 0 unspecified atom stereocenters. The van der Waals surface area contributed by atoms with Gasteiger partial charge in [-0.15, -0.1) is 18.3 Å². The summed E-state index contributed by atoms with van der Waals surface area (Å²) in [5, 5.41) is 10.3. The highest BCUT2D eigenvalue weighted by Gasteiger charge is 2.31. The van der Waals surface area contributed by atoms with E-state index in [0.717, 1.165) is 16.7 Å². The van der Waals surface area contributed by atoms with Gasteiger partial charge in [-0.25, -0.2) is 4.98 Å². The Labute approximate surface area is 155 Å². The van der Waals surface area contributed by atoms with Crippen LogP contribution >= 0.6 is 0 Å². The highest BCUT2D eigenvalue weighted by molar-refractivity contribution is 5.76. The Morgan fingerprint density at radius 3 is 2.54 bits per heavy atom. The van der Waals surface area contributed by atoms with Gasteiger partial charge in [0.15, 0.2) is 11.2 Å². The third-order valence-corrected chi connectivity index (χ3v) is 3.51. The molecule has 28 heavy (non-hydrogen) atoms. The maximum absolute atomic E-state index is 12.5. The van der Waals surface area contributed by atoms with E-state index in [1.165, 1.54) is 23.1 Å². The van der Waals surface area contributed by atoms with Crippen LogP contribution in [0.1, 0.15) is 13.8 Å². The second kappa shape index (κ2) is 7.29. The van der Waals surface area contributed by atoms with E-state index in [9.17, 15) is 22.8 Å². The van der Waals surface area contributed by atoms with Crippen molar-refractivity contribution in [3.05, 3.63) is 40.9 Å². The summed E-state index contributed by atoms with van der Waals surface area (Å²) >= 11 is 0. The van der Waals surface area contributed by atoms with E-state index in [0.29, 0.717) is 5.69 Å². The zero-order chi connectivity index (χ0) is 20.5. The quantitative estimate of drug-likeness (QED) is 0.699. The number of hydrogen-bond donors (Lipinski definition) is 1. The summed E-state index contributed by atoms with van der Waals surface area (Å²) in [6.45, 7) is 3.35. The predicted molar refractivity (Wildman–Crippen MR) is 90.9 cm³/mol. The molecule has 148 valence electrons. The summed E-state index contributed by atoms with van der Waals surface area (Å²) < 4.78 is 42.8. The average molecular weight is 396 g/mol. The molecule has 0 fully saturated rings. The van der Waals surface area contributed by atoms with Gasteiger partial charge in [0.2, 0.25) is 5.91 Å². The summed E-state index contributed by atoms with van der Waals surface area (Å²) in [6.07, 6.45) is -3.61. The monoisotopic (exact) mass is 396 g/mol. The lowest BCUT2D eigenvalue weighted by atomic mass is 10.3. The fourth-order valence-electron chi connectivity index (χ4n) is 2.44. The van der Waals surface area contributed by atoms with E-state index in [1.54, 1.807) is 13.8 Å². The van der Waals surface area contributed by atoms with Crippen LogP contribution in [0, 0.1) is 0 Å². The molecule has 0 saturated heterocycles. The molecule has 0 aliphatic rings. The maximum Gasteiger partial charge on any atom is 0.573 e. The Morgan fingerprint density at radius 2 is 1.93 bits per heavy atom. The average Bonchev–Trinajstić information content (AvgIpc) is 3.01. The Hall–Kier alpha value is -3.44. The van der Waals surface area contributed by atoms with Gasteiger partial charge in [0.25, 0.3) is 5.56 Å². The number of carbonyl (C=O) groups is 1. The smallest absolute Gasteiger partial charge is 0.406 e. The van der Waals surface area contributed by atoms with Crippen molar-refractivity contribution in [2.45, 2.75) is 32.8 Å². The SMILES string of the molecule is CC(C)NC(=O)Cn1cnc2c(nnn2-c2ccc(OC(F)(F)F)cc2)c1=O. The lowest BCUT2D eigenvalue weighted by Gasteiger charge is -2.10. The lowest BCUT2D eigenvalue weighted by Crippen LogP contribution is -2.36. The van der Waals surface area contributed by atoms with Crippen LogP contribution in [0.25, 0.3) is 16.9 Å². The molecule has 0 bridgehead atoms. The van der Waals surface area contributed by atoms with E-state index in [4.69, 9.17) is 0 Å². The number of fused-ring (bicyclic) bond motifs is 1. The highest BCUT2D eigenvalue weighted by Crippen LogP contribution is 2.24. The summed E-state index contributed by atoms with van der Waals surface area (Å²) in [7, 11) is 0. The molecule has 3 aromatic rings. The van der Waals surface area contributed by atoms with Crippen molar-refractivity contribution in [1.82, 2.24) is 29.9 Å². The van der Waals surface area contributed by atoms with Crippen LogP contribution in [0.4, 0.5) is 13.2 Å². The number of hydrogen-bond acceptors (Lipinski definition) is 6. The second-order valence-electron chi connectivity index (χ2n) is 6.12. The van der Waals surface area contributed by atoms with Crippen molar-refractivity contribution in [2.24, 2.45) is 0 Å². The third-order valence-electron chi connectivity index (χ3n) is 3.51. The Balaban J connectivity index is 1.89. The number of carbonyl (C=O) groups excluding carboxylic acids is 1. The van der Waals surface area contributed by atoms with E-state index >= 15 is 0 Å². The summed E-state index contributed by atoms with van der Waals surface area (Å²) in [4.78, 5) is 28.4. The number of benzene rings is 1. The van der Waals surface area contributed by atoms with Gasteiger partial charge < -0.3 is 10.1 Å². The molecule has 0 aliphatic heterocycles. The molecule has 0 atom stereocenters. The van der Waals surface area contributed by atoms with Crippen LogP contribution < -0.4 is 15.6 Å². The standard InChI is InChI=1S/C16H15F3N6O3/c1-9(2)21-12(26)7-24-8-20-14-13(15(24)27)22-23-25(14)10-3-5-11(6-4-10)28-16(17,18)19/h3-6,8-9H,7H2,1-2H3,(H,21,26). The van der Waals surface area contributed by atoms with Crippen molar-refractivity contribution >= 4 is 17.1 Å². The number of nitrogens with one attached hydrogen (secondary N) is 1. The molecule has 1 amide bonds. The molecule has 0 spiro atoms.